The van der Waals surface area contributed by atoms with Gasteiger partial charge in [-0.15, -0.1) is 0 Å². The molecule has 0 bridgehead atoms. The van der Waals surface area contributed by atoms with Crippen molar-refractivity contribution < 1.29 is 13.2 Å². The van der Waals surface area contributed by atoms with Crippen molar-refractivity contribution in [3.8, 4) is 0 Å². The first-order valence-electron chi connectivity index (χ1n) is 7.28. The van der Waals surface area contributed by atoms with Crippen LogP contribution in [0.2, 0.25) is 0 Å². The van der Waals surface area contributed by atoms with Crippen LogP contribution in [0.15, 0.2) is 29.2 Å². The van der Waals surface area contributed by atoms with Crippen molar-refractivity contribution in [1.82, 2.24) is 9.62 Å². The number of hydrogen-bond acceptors (Lipinski definition) is 4. The number of piperidine rings is 1. The molecule has 1 aromatic carbocycles. The first-order valence-corrected chi connectivity index (χ1v) is 10.1. The van der Waals surface area contributed by atoms with Crippen LogP contribution in [0.25, 0.3) is 0 Å². The second-order valence-electron chi connectivity index (χ2n) is 5.49. The fraction of sp³-hybridized carbons (Fsp3) is 0.533. The zero-order valence-electron chi connectivity index (χ0n) is 12.9. The van der Waals surface area contributed by atoms with Gasteiger partial charge in [-0.1, -0.05) is 17.7 Å². The predicted octanol–water partition coefficient (Wildman–Crippen LogP) is 1.63. The number of rotatable bonds is 5. The number of carbonyl (C=O) groups excluding carboxylic acids is 1. The van der Waals surface area contributed by atoms with Crippen LogP contribution in [0.3, 0.4) is 0 Å². The first-order chi connectivity index (χ1) is 10.4. The van der Waals surface area contributed by atoms with Gasteiger partial charge < -0.3 is 5.32 Å². The van der Waals surface area contributed by atoms with Gasteiger partial charge in [0, 0.05) is 19.1 Å². The maximum atomic E-state index is 12.6. The smallest absolute Gasteiger partial charge is 0.243 e. The highest BCUT2D eigenvalue weighted by Gasteiger charge is 2.29. The van der Waals surface area contributed by atoms with E-state index >= 15 is 0 Å². The molecule has 1 heterocycles. The van der Waals surface area contributed by atoms with Gasteiger partial charge in [0.25, 0.3) is 0 Å². The van der Waals surface area contributed by atoms with Gasteiger partial charge in [-0.25, -0.2) is 8.42 Å². The van der Waals surface area contributed by atoms with Crippen molar-refractivity contribution in [1.29, 1.82) is 0 Å². The highest BCUT2D eigenvalue weighted by Crippen LogP contribution is 2.21. The Labute approximate surface area is 136 Å². The number of thioether (sulfide) groups is 1. The quantitative estimate of drug-likeness (QED) is 0.883. The van der Waals surface area contributed by atoms with Gasteiger partial charge in [-0.2, -0.15) is 16.1 Å². The maximum absolute atomic E-state index is 12.6. The minimum Gasteiger partial charge on any atom is -0.353 e. The van der Waals surface area contributed by atoms with Crippen molar-refractivity contribution >= 4 is 27.7 Å². The molecule has 122 valence electrons. The van der Waals surface area contributed by atoms with Crippen LogP contribution in [0, 0.1) is 6.92 Å². The molecule has 5 nitrogen and oxygen atoms in total. The zero-order chi connectivity index (χ0) is 16.2. The van der Waals surface area contributed by atoms with E-state index in [2.05, 4.69) is 5.32 Å². The van der Waals surface area contributed by atoms with Crippen molar-refractivity contribution in [2.45, 2.75) is 30.7 Å². The Balaban J connectivity index is 1.96. The molecule has 0 aliphatic carbocycles. The van der Waals surface area contributed by atoms with Gasteiger partial charge in [0.15, 0.2) is 0 Å². The third kappa shape index (κ3) is 4.24. The highest BCUT2D eigenvalue weighted by atomic mass is 32.2. The predicted molar refractivity (Wildman–Crippen MR) is 89.5 cm³/mol. The third-order valence-electron chi connectivity index (χ3n) is 3.75. The SMILES string of the molecule is CSCC(=O)NC1CCN(S(=O)(=O)c2ccc(C)cc2)CC1. The van der Waals surface area contributed by atoms with Crippen LogP contribution in [0.5, 0.6) is 0 Å². The number of hydrogen-bond donors (Lipinski definition) is 1. The highest BCUT2D eigenvalue weighted by molar-refractivity contribution is 7.99. The van der Waals surface area contributed by atoms with Crippen LogP contribution in [0.1, 0.15) is 18.4 Å². The summed E-state index contributed by atoms with van der Waals surface area (Å²) < 4.78 is 26.6. The van der Waals surface area contributed by atoms with Crippen molar-refractivity contribution in [2.75, 3.05) is 25.1 Å². The lowest BCUT2D eigenvalue weighted by atomic mass is 10.1. The Bertz CT molecular complexity index is 606. The molecule has 1 saturated heterocycles. The molecule has 0 unspecified atom stereocenters. The molecule has 1 N–H and O–H groups in total. The van der Waals surface area contributed by atoms with E-state index in [4.69, 9.17) is 0 Å². The zero-order valence-corrected chi connectivity index (χ0v) is 14.5. The molecule has 1 aromatic rings. The summed E-state index contributed by atoms with van der Waals surface area (Å²) >= 11 is 1.48. The number of sulfonamides is 1. The van der Waals surface area contributed by atoms with Crippen LogP contribution >= 0.6 is 11.8 Å². The molecule has 1 aliphatic rings. The molecule has 0 spiro atoms. The van der Waals surface area contributed by atoms with E-state index in [0.29, 0.717) is 36.6 Å². The molecular formula is C15H22N2O3S2. The van der Waals surface area contributed by atoms with E-state index in [9.17, 15) is 13.2 Å². The molecule has 22 heavy (non-hydrogen) atoms. The molecule has 1 fully saturated rings. The fourth-order valence-electron chi connectivity index (χ4n) is 2.50. The summed E-state index contributed by atoms with van der Waals surface area (Å²) in [4.78, 5) is 11.9. The Morgan fingerprint density at radius 1 is 1.27 bits per heavy atom. The second-order valence-corrected chi connectivity index (χ2v) is 8.30. The van der Waals surface area contributed by atoms with Gasteiger partial charge in [0.05, 0.1) is 10.6 Å². The van der Waals surface area contributed by atoms with Gasteiger partial charge in [-0.05, 0) is 38.2 Å². The molecule has 0 radical (unpaired) electrons. The number of nitrogens with zero attached hydrogens (tertiary/aromatic N) is 1. The van der Waals surface area contributed by atoms with Crippen LogP contribution < -0.4 is 5.32 Å². The number of carbonyl (C=O) groups is 1. The Hall–Kier alpha value is -1.05. The normalized spacial score (nSPS) is 17.4. The fourth-order valence-corrected chi connectivity index (χ4v) is 4.32. The van der Waals surface area contributed by atoms with Crippen molar-refractivity contribution in [3.05, 3.63) is 29.8 Å². The number of amides is 1. The molecular weight excluding hydrogens is 320 g/mol. The molecule has 7 heteroatoms. The molecule has 2 rings (SSSR count). The van der Waals surface area contributed by atoms with Crippen molar-refractivity contribution in [2.24, 2.45) is 0 Å². The Morgan fingerprint density at radius 3 is 2.41 bits per heavy atom. The van der Waals surface area contributed by atoms with Crippen molar-refractivity contribution in [3.63, 3.8) is 0 Å². The monoisotopic (exact) mass is 342 g/mol. The van der Waals surface area contributed by atoms with Gasteiger partial charge in [0.1, 0.15) is 0 Å². The van der Waals surface area contributed by atoms with Crippen LogP contribution in [-0.4, -0.2) is 49.8 Å². The second kappa shape index (κ2) is 7.48. The van der Waals surface area contributed by atoms with Gasteiger partial charge in [-0.3, -0.25) is 4.79 Å². The molecule has 0 aromatic heterocycles. The van der Waals surface area contributed by atoms with E-state index in [0.717, 1.165) is 5.56 Å². The minimum atomic E-state index is -3.42. The molecule has 0 saturated carbocycles. The average molecular weight is 342 g/mol. The first kappa shape index (κ1) is 17.3. The van der Waals surface area contributed by atoms with Gasteiger partial charge >= 0.3 is 0 Å². The summed E-state index contributed by atoms with van der Waals surface area (Å²) in [7, 11) is -3.42. The van der Waals surface area contributed by atoms with E-state index in [1.165, 1.54) is 16.1 Å². The summed E-state index contributed by atoms with van der Waals surface area (Å²) in [5, 5.41) is 2.96. The Kier molecular flexibility index (Phi) is 5.88. The van der Waals surface area contributed by atoms with Crippen LogP contribution in [-0.2, 0) is 14.8 Å². The van der Waals surface area contributed by atoms with E-state index in [-0.39, 0.29) is 11.9 Å². The summed E-state index contributed by atoms with van der Waals surface area (Å²) in [6.45, 7) is 2.82. The lowest BCUT2D eigenvalue weighted by Gasteiger charge is -2.31. The molecule has 1 amide bonds. The number of benzene rings is 1. The third-order valence-corrected chi connectivity index (χ3v) is 6.22. The van der Waals surface area contributed by atoms with E-state index in [1.807, 2.05) is 25.3 Å². The summed E-state index contributed by atoms with van der Waals surface area (Å²) in [5.74, 6) is 0.467. The molecule has 1 aliphatic heterocycles. The summed E-state index contributed by atoms with van der Waals surface area (Å²) in [5.41, 5.74) is 1.04. The molecule has 0 atom stereocenters. The van der Waals surface area contributed by atoms with E-state index < -0.39 is 10.0 Å². The standard InChI is InChI=1S/C15H22N2O3S2/c1-12-3-5-14(6-4-12)22(19,20)17-9-7-13(8-10-17)16-15(18)11-21-2/h3-6,13H,7-11H2,1-2H3,(H,16,18). The summed E-state index contributed by atoms with van der Waals surface area (Å²) in [6, 6.07) is 6.99. The maximum Gasteiger partial charge on any atom is 0.243 e. The lowest BCUT2D eigenvalue weighted by molar-refractivity contribution is -0.119. The topological polar surface area (TPSA) is 66.5 Å². The van der Waals surface area contributed by atoms with Crippen LogP contribution in [0.4, 0.5) is 0 Å². The summed E-state index contributed by atoms with van der Waals surface area (Å²) in [6.07, 6.45) is 3.20. The van der Waals surface area contributed by atoms with E-state index in [1.54, 1.807) is 12.1 Å². The Morgan fingerprint density at radius 2 is 1.86 bits per heavy atom. The number of nitrogens with one attached hydrogen (secondary N) is 1. The average Bonchev–Trinajstić information content (AvgIpc) is 2.48. The largest absolute Gasteiger partial charge is 0.353 e. The minimum absolute atomic E-state index is 0.0207. The lowest BCUT2D eigenvalue weighted by Crippen LogP contribution is -2.46. The van der Waals surface area contributed by atoms with Gasteiger partial charge in [0.2, 0.25) is 15.9 Å². The number of aryl methyl sites for hydroxylation is 1.